The molecule has 0 spiro atoms. The van der Waals surface area contributed by atoms with E-state index in [0.29, 0.717) is 22.1 Å². The molecule has 1 aromatic rings. The van der Waals surface area contributed by atoms with Crippen LogP contribution in [0.4, 0.5) is 11.5 Å². The summed E-state index contributed by atoms with van der Waals surface area (Å²) in [5, 5.41) is 3.38. The van der Waals surface area contributed by atoms with E-state index < -0.39 is 0 Å². The second-order valence-corrected chi connectivity index (χ2v) is 6.83. The van der Waals surface area contributed by atoms with Crippen molar-refractivity contribution in [2.24, 2.45) is 0 Å². The zero-order chi connectivity index (χ0) is 14.6. The van der Waals surface area contributed by atoms with E-state index in [1.165, 1.54) is 32.0 Å². The number of nitrogens with two attached hydrogens (primary N) is 1. The number of thioether (sulfide) groups is 1. The van der Waals surface area contributed by atoms with E-state index in [1.54, 1.807) is 0 Å². The van der Waals surface area contributed by atoms with Crippen molar-refractivity contribution < 1.29 is 4.74 Å². The summed E-state index contributed by atoms with van der Waals surface area (Å²) in [6.07, 6.45) is 8.85. The van der Waals surface area contributed by atoms with Crippen LogP contribution in [-0.4, -0.2) is 33.6 Å². The monoisotopic (exact) mass is 296 g/mol. The number of hydrogen-bond donors (Lipinski definition) is 2. The van der Waals surface area contributed by atoms with Crippen molar-refractivity contribution in [1.29, 1.82) is 0 Å². The van der Waals surface area contributed by atoms with Gasteiger partial charge in [-0.15, -0.1) is 0 Å². The van der Waals surface area contributed by atoms with Crippen LogP contribution in [0.2, 0.25) is 0 Å². The summed E-state index contributed by atoms with van der Waals surface area (Å²) in [6, 6.07) is 0. The number of nitrogens with zero attached hydrogens (tertiary/aromatic N) is 2. The Balaban J connectivity index is 2.06. The van der Waals surface area contributed by atoms with Gasteiger partial charge >= 0.3 is 0 Å². The molecule has 20 heavy (non-hydrogen) atoms. The smallest absolute Gasteiger partial charge is 0.242 e. The lowest BCUT2D eigenvalue weighted by atomic mass is 10.1. The van der Waals surface area contributed by atoms with Crippen LogP contribution in [0.1, 0.15) is 39.5 Å². The van der Waals surface area contributed by atoms with Gasteiger partial charge in [-0.3, -0.25) is 0 Å². The van der Waals surface area contributed by atoms with E-state index in [0.717, 1.165) is 6.54 Å². The third-order valence-electron chi connectivity index (χ3n) is 3.72. The molecule has 6 heteroatoms. The second-order valence-electron chi connectivity index (χ2n) is 5.56. The topological polar surface area (TPSA) is 73.1 Å². The summed E-state index contributed by atoms with van der Waals surface area (Å²) in [7, 11) is 0. The number of hydrogen-bond acceptors (Lipinski definition) is 6. The largest absolute Gasteiger partial charge is 0.473 e. The molecule has 5 nitrogen and oxygen atoms in total. The highest BCUT2D eigenvalue weighted by Gasteiger charge is 2.33. The molecule has 0 aliphatic heterocycles. The maximum atomic E-state index is 6.08. The number of aromatic nitrogens is 2. The summed E-state index contributed by atoms with van der Waals surface area (Å²) in [5.74, 6) is 1.14. The molecule has 1 aliphatic rings. The molecule has 0 bridgehead atoms. The van der Waals surface area contributed by atoms with Crippen LogP contribution in [-0.2, 0) is 0 Å². The van der Waals surface area contributed by atoms with E-state index in [1.807, 2.05) is 25.6 Å². The van der Waals surface area contributed by atoms with E-state index in [-0.39, 0.29) is 6.10 Å². The van der Waals surface area contributed by atoms with Gasteiger partial charge in [0.05, 0.1) is 6.10 Å². The maximum absolute atomic E-state index is 6.08. The van der Waals surface area contributed by atoms with Crippen LogP contribution in [0.15, 0.2) is 6.33 Å². The number of anilines is 2. The van der Waals surface area contributed by atoms with E-state index in [2.05, 4.69) is 21.5 Å². The van der Waals surface area contributed by atoms with Crippen LogP contribution in [0.3, 0.4) is 0 Å². The molecule has 1 fully saturated rings. The lowest BCUT2D eigenvalue weighted by molar-refractivity contribution is 0.234. The van der Waals surface area contributed by atoms with Crippen LogP contribution < -0.4 is 15.8 Å². The summed E-state index contributed by atoms with van der Waals surface area (Å²) in [6.45, 7) is 4.79. The molecule has 0 radical (unpaired) electrons. The number of nitrogens with one attached hydrogen (secondary N) is 1. The molecule has 3 N–H and O–H groups in total. The molecular formula is C14H24N4OS. The molecule has 1 heterocycles. The minimum atomic E-state index is 0.0485. The SMILES string of the molecule is CSC1(CNc2ncnc(OC(C)C)c2N)CCCC1. The minimum Gasteiger partial charge on any atom is -0.473 e. The van der Waals surface area contributed by atoms with Crippen molar-refractivity contribution in [3.8, 4) is 5.88 Å². The van der Waals surface area contributed by atoms with Gasteiger partial charge in [0.15, 0.2) is 5.82 Å². The van der Waals surface area contributed by atoms with Crippen molar-refractivity contribution in [2.45, 2.75) is 50.4 Å². The predicted octanol–water partition coefficient (Wildman–Crippen LogP) is 2.93. The molecule has 112 valence electrons. The Kier molecular flexibility index (Phi) is 4.96. The van der Waals surface area contributed by atoms with Gasteiger partial charge in [0, 0.05) is 11.3 Å². The van der Waals surface area contributed by atoms with Gasteiger partial charge in [-0.1, -0.05) is 12.8 Å². The van der Waals surface area contributed by atoms with E-state index in [4.69, 9.17) is 10.5 Å². The van der Waals surface area contributed by atoms with Gasteiger partial charge in [-0.25, -0.2) is 4.98 Å². The van der Waals surface area contributed by atoms with Gasteiger partial charge in [0.25, 0.3) is 0 Å². The summed E-state index contributed by atoms with van der Waals surface area (Å²) < 4.78 is 5.90. The molecule has 0 saturated heterocycles. The van der Waals surface area contributed by atoms with Crippen molar-refractivity contribution in [2.75, 3.05) is 23.9 Å². The van der Waals surface area contributed by atoms with Crippen molar-refractivity contribution in [3.63, 3.8) is 0 Å². The predicted molar refractivity (Wildman–Crippen MR) is 85.4 cm³/mol. The summed E-state index contributed by atoms with van der Waals surface area (Å²) in [5.41, 5.74) is 6.58. The van der Waals surface area contributed by atoms with Gasteiger partial charge in [0.2, 0.25) is 5.88 Å². The first-order valence-corrected chi connectivity index (χ1v) is 8.35. The second kappa shape index (κ2) is 6.52. The van der Waals surface area contributed by atoms with Crippen molar-refractivity contribution >= 4 is 23.3 Å². The van der Waals surface area contributed by atoms with E-state index in [9.17, 15) is 0 Å². The van der Waals surface area contributed by atoms with Gasteiger partial charge in [-0.05, 0) is 32.9 Å². The first-order chi connectivity index (χ1) is 9.56. The Labute approximate surface area is 125 Å². The molecule has 1 aliphatic carbocycles. The minimum absolute atomic E-state index is 0.0485. The fraction of sp³-hybridized carbons (Fsp3) is 0.714. The molecule has 1 saturated carbocycles. The highest BCUT2D eigenvalue weighted by molar-refractivity contribution is 8.00. The lowest BCUT2D eigenvalue weighted by Gasteiger charge is -2.27. The first kappa shape index (κ1) is 15.2. The fourth-order valence-electron chi connectivity index (χ4n) is 2.55. The zero-order valence-electron chi connectivity index (χ0n) is 12.5. The Bertz CT molecular complexity index is 447. The fourth-order valence-corrected chi connectivity index (χ4v) is 3.47. The molecule has 2 rings (SSSR count). The molecule has 0 amide bonds. The normalized spacial score (nSPS) is 17.4. The Hall–Kier alpha value is -1.17. The van der Waals surface area contributed by atoms with E-state index >= 15 is 0 Å². The molecule has 0 atom stereocenters. The Morgan fingerprint density at radius 2 is 2.10 bits per heavy atom. The molecule has 0 unspecified atom stereocenters. The first-order valence-electron chi connectivity index (χ1n) is 7.12. The van der Waals surface area contributed by atoms with Gasteiger partial charge in [-0.2, -0.15) is 16.7 Å². The molecular weight excluding hydrogens is 272 g/mol. The Morgan fingerprint density at radius 3 is 2.70 bits per heavy atom. The quantitative estimate of drug-likeness (QED) is 0.841. The van der Waals surface area contributed by atoms with Crippen LogP contribution in [0.25, 0.3) is 0 Å². The Morgan fingerprint density at radius 1 is 1.40 bits per heavy atom. The van der Waals surface area contributed by atoms with Crippen molar-refractivity contribution in [3.05, 3.63) is 6.33 Å². The standard InChI is InChI=1S/C14H24N4OS/c1-10(2)19-13-11(15)12(17-9-18-13)16-8-14(20-3)6-4-5-7-14/h9-10H,4-8,15H2,1-3H3,(H,16,17,18). The summed E-state index contributed by atoms with van der Waals surface area (Å²) in [4.78, 5) is 8.33. The average molecular weight is 296 g/mol. The molecule has 1 aromatic heterocycles. The van der Waals surface area contributed by atoms with Crippen LogP contribution in [0, 0.1) is 0 Å². The maximum Gasteiger partial charge on any atom is 0.242 e. The summed E-state index contributed by atoms with van der Waals surface area (Å²) >= 11 is 1.94. The van der Waals surface area contributed by atoms with Crippen molar-refractivity contribution in [1.82, 2.24) is 9.97 Å². The molecule has 0 aromatic carbocycles. The third kappa shape index (κ3) is 3.48. The highest BCUT2D eigenvalue weighted by atomic mass is 32.2. The van der Waals surface area contributed by atoms with Gasteiger partial charge in [0.1, 0.15) is 12.0 Å². The number of ether oxygens (including phenoxy) is 1. The third-order valence-corrected chi connectivity index (χ3v) is 5.14. The number of nitrogen functional groups attached to an aromatic ring is 1. The highest BCUT2D eigenvalue weighted by Crippen LogP contribution is 2.40. The van der Waals surface area contributed by atoms with Crippen LogP contribution >= 0.6 is 11.8 Å². The zero-order valence-corrected chi connectivity index (χ0v) is 13.3. The van der Waals surface area contributed by atoms with Gasteiger partial charge < -0.3 is 15.8 Å². The number of rotatable bonds is 6. The average Bonchev–Trinajstić information content (AvgIpc) is 2.89. The lowest BCUT2D eigenvalue weighted by Crippen LogP contribution is -2.30. The van der Waals surface area contributed by atoms with Crippen LogP contribution in [0.5, 0.6) is 5.88 Å².